The summed E-state index contributed by atoms with van der Waals surface area (Å²) in [5.74, 6) is -3.82. The van der Waals surface area contributed by atoms with Crippen LogP contribution in [0.4, 0.5) is 24.5 Å². The number of sulfonamides is 1. The van der Waals surface area contributed by atoms with Crippen molar-refractivity contribution in [2.24, 2.45) is 0 Å². The Morgan fingerprint density at radius 1 is 0.868 bits per heavy atom. The van der Waals surface area contributed by atoms with Gasteiger partial charge in [-0.2, -0.15) is 13.2 Å². The van der Waals surface area contributed by atoms with Crippen molar-refractivity contribution >= 4 is 33.3 Å². The summed E-state index contributed by atoms with van der Waals surface area (Å²) < 4.78 is 60.0. The Morgan fingerprint density at radius 3 is 1.82 bits per heavy atom. The lowest BCUT2D eigenvalue weighted by Crippen LogP contribution is -2.28. The molecule has 0 spiro atoms. The first-order chi connectivity index (χ1) is 17.5. The largest absolute Gasteiger partial charge is 0.490 e. The summed E-state index contributed by atoms with van der Waals surface area (Å²) in [4.78, 5) is 23.1. The van der Waals surface area contributed by atoms with E-state index in [0.29, 0.717) is 5.69 Å². The molecule has 12 heteroatoms. The third-order valence-corrected chi connectivity index (χ3v) is 7.35. The second kappa shape index (κ2) is 12.5. The molecule has 0 atom stereocenters. The van der Waals surface area contributed by atoms with E-state index in [1.54, 1.807) is 24.3 Å². The molecule has 210 valence electrons. The second-order valence-corrected chi connectivity index (χ2v) is 11.7. The van der Waals surface area contributed by atoms with Crippen LogP contribution in [0.2, 0.25) is 0 Å². The van der Waals surface area contributed by atoms with Gasteiger partial charge in [0.1, 0.15) is 0 Å². The number of carbonyl (C=O) groups is 2. The zero-order valence-corrected chi connectivity index (χ0v) is 22.3. The lowest BCUT2D eigenvalue weighted by atomic mass is 9.87. The van der Waals surface area contributed by atoms with Gasteiger partial charge in [-0.15, -0.1) is 0 Å². The van der Waals surface area contributed by atoms with Crippen LogP contribution in [0.15, 0.2) is 47.4 Å². The van der Waals surface area contributed by atoms with E-state index in [9.17, 15) is 31.5 Å². The SMILES string of the molecule is CC(C)(C)c1ccc(S(=O)(=O)Nc2ccc(N3CCCCCCC3)c(C(=O)O)c2)cc1.O=C(O)C(F)(F)F. The van der Waals surface area contributed by atoms with Crippen LogP contribution in [0, 0.1) is 0 Å². The number of nitrogens with one attached hydrogen (secondary N) is 1. The van der Waals surface area contributed by atoms with Crippen LogP contribution >= 0.6 is 0 Å². The minimum atomic E-state index is -5.08. The van der Waals surface area contributed by atoms with E-state index in [2.05, 4.69) is 30.4 Å². The van der Waals surface area contributed by atoms with Crippen molar-refractivity contribution in [3.05, 3.63) is 53.6 Å². The molecule has 2 aromatic rings. The summed E-state index contributed by atoms with van der Waals surface area (Å²) >= 11 is 0. The van der Waals surface area contributed by atoms with Crippen LogP contribution in [-0.4, -0.2) is 49.8 Å². The minimum absolute atomic E-state index is 0.0751. The summed E-state index contributed by atoms with van der Waals surface area (Å²) in [6.07, 6.45) is 0.475. The normalized spacial score (nSPS) is 14.9. The van der Waals surface area contributed by atoms with Crippen LogP contribution in [0.5, 0.6) is 0 Å². The Balaban J connectivity index is 0.000000638. The van der Waals surface area contributed by atoms with Gasteiger partial charge in [-0.1, -0.05) is 52.2 Å². The third-order valence-electron chi connectivity index (χ3n) is 5.95. The molecule has 1 heterocycles. The number of anilines is 2. The fourth-order valence-electron chi connectivity index (χ4n) is 3.88. The van der Waals surface area contributed by atoms with Crippen molar-refractivity contribution in [2.45, 2.75) is 69.4 Å². The highest BCUT2D eigenvalue weighted by Gasteiger charge is 2.38. The van der Waals surface area contributed by atoms with Gasteiger partial charge in [0, 0.05) is 18.8 Å². The van der Waals surface area contributed by atoms with E-state index < -0.39 is 28.1 Å². The first kappa shape index (κ1) is 30.9. The number of aliphatic carboxylic acids is 1. The van der Waals surface area contributed by atoms with Crippen molar-refractivity contribution < 1.29 is 41.4 Å². The average Bonchev–Trinajstić information content (AvgIpc) is 2.78. The van der Waals surface area contributed by atoms with Gasteiger partial charge in [0.15, 0.2) is 0 Å². The van der Waals surface area contributed by atoms with Crippen LogP contribution in [0.3, 0.4) is 0 Å². The Bertz CT molecular complexity index is 1220. The van der Waals surface area contributed by atoms with E-state index in [-0.39, 0.29) is 21.6 Å². The summed E-state index contributed by atoms with van der Waals surface area (Å²) in [5, 5.41) is 16.9. The number of alkyl halides is 3. The molecular formula is C26H33F3N2O6S. The molecule has 0 aliphatic carbocycles. The number of benzene rings is 2. The minimum Gasteiger partial charge on any atom is -0.478 e. The average molecular weight is 559 g/mol. The number of hydrogen-bond donors (Lipinski definition) is 3. The molecule has 0 saturated carbocycles. The molecule has 1 saturated heterocycles. The maximum absolute atomic E-state index is 12.8. The summed E-state index contributed by atoms with van der Waals surface area (Å²) in [5.41, 5.74) is 1.97. The number of hydrogen-bond acceptors (Lipinski definition) is 5. The molecule has 1 aliphatic heterocycles. The third kappa shape index (κ3) is 8.93. The molecule has 0 bridgehead atoms. The Morgan fingerprint density at radius 2 is 1.37 bits per heavy atom. The van der Waals surface area contributed by atoms with E-state index in [1.807, 2.05) is 12.1 Å². The van der Waals surface area contributed by atoms with Crippen molar-refractivity contribution in [1.29, 1.82) is 0 Å². The molecule has 3 rings (SSSR count). The van der Waals surface area contributed by atoms with Crippen molar-refractivity contribution in [3.63, 3.8) is 0 Å². The molecule has 8 nitrogen and oxygen atoms in total. The van der Waals surface area contributed by atoms with E-state index in [4.69, 9.17) is 9.90 Å². The quantitative estimate of drug-likeness (QED) is 0.418. The number of carboxylic acid groups (broad SMARTS) is 2. The summed E-state index contributed by atoms with van der Waals surface area (Å²) in [6.45, 7) is 7.82. The maximum Gasteiger partial charge on any atom is 0.490 e. The molecule has 3 N–H and O–H groups in total. The van der Waals surface area contributed by atoms with E-state index >= 15 is 0 Å². The van der Waals surface area contributed by atoms with Gasteiger partial charge in [0.05, 0.1) is 16.1 Å². The number of carboxylic acids is 2. The van der Waals surface area contributed by atoms with Gasteiger partial charge < -0.3 is 15.1 Å². The maximum atomic E-state index is 12.8. The Hall–Kier alpha value is -3.28. The standard InChI is InChI=1S/C24H32N2O4S.C2HF3O2/c1-24(2,3)18-9-12-20(13-10-18)31(29,30)25-19-11-14-22(21(17-19)23(27)28)26-15-7-5-4-6-8-16-26;3-2(4,5)1(6)7/h9-14,17,25H,4-8,15-16H2,1-3H3,(H,27,28);(H,6,7). The fraction of sp³-hybridized carbons (Fsp3) is 0.462. The van der Waals surface area contributed by atoms with Gasteiger partial charge in [0.2, 0.25) is 0 Å². The molecule has 1 fully saturated rings. The summed E-state index contributed by atoms with van der Waals surface area (Å²) in [7, 11) is -3.82. The molecule has 0 amide bonds. The van der Waals surface area contributed by atoms with E-state index in [0.717, 1.165) is 44.3 Å². The predicted molar refractivity (Wildman–Crippen MR) is 138 cm³/mol. The molecule has 0 aromatic heterocycles. The van der Waals surface area contributed by atoms with Crippen LogP contribution in [0.25, 0.3) is 0 Å². The second-order valence-electron chi connectivity index (χ2n) is 9.97. The molecule has 0 radical (unpaired) electrons. The zero-order chi connectivity index (χ0) is 28.7. The smallest absolute Gasteiger partial charge is 0.478 e. The monoisotopic (exact) mass is 558 g/mol. The van der Waals surface area contributed by atoms with Crippen molar-refractivity contribution in [2.75, 3.05) is 22.7 Å². The highest BCUT2D eigenvalue weighted by Crippen LogP contribution is 2.29. The first-order valence-corrected chi connectivity index (χ1v) is 13.6. The van der Waals surface area contributed by atoms with Crippen molar-refractivity contribution in [3.8, 4) is 0 Å². The fourth-order valence-corrected chi connectivity index (χ4v) is 4.93. The number of rotatable bonds is 5. The molecular weight excluding hydrogens is 525 g/mol. The molecule has 0 unspecified atom stereocenters. The van der Waals surface area contributed by atoms with Crippen molar-refractivity contribution in [1.82, 2.24) is 0 Å². The Labute approximate surface area is 220 Å². The van der Waals surface area contributed by atoms with Gasteiger partial charge in [-0.25, -0.2) is 18.0 Å². The van der Waals surface area contributed by atoms with Gasteiger partial charge >= 0.3 is 18.1 Å². The first-order valence-electron chi connectivity index (χ1n) is 12.1. The predicted octanol–water partition coefficient (Wildman–Crippen LogP) is 5.89. The molecule has 1 aliphatic rings. The van der Waals surface area contributed by atoms with E-state index in [1.165, 1.54) is 12.5 Å². The van der Waals surface area contributed by atoms with Gasteiger partial charge in [-0.05, 0) is 54.2 Å². The van der Waals surface area contributed by atoms with Crippen LogP contribution < -0.4 is 9.62 Å². The van der Waals surface area contributed by atoms with Crippen LogP contribution in [0.1, 0.15) is 68.8 Å². The van der Waals surface area contributed by atoms with Gasteiger partial charge in [-0.3, -0.25) is 4.72 Å². The summed E-state index contributed by atoms with van der Waals surface area (Å²) in [6, 6.07) is 11.5. The number of nitrogens with zero attached hydrogens (tertiary/aromatic N) is 1. The topological polar surface area (TPSA) is 124 Å². The number of halogens is 3. The Kier molecular flexibility index (Phi) is 10.2. The van der Waals surface area contributed by atoms with Gasteiger partial charge in [0.25, 0.3) is 10.0 Å². The molecule has 2 aromatic carbocycles. The lowest BCUT2D eigenvalue weighted by Gasteiger charge is -2.28. The lowest BCUT2D eigenvalue weighted by molar-refractivity contribution is -0.192. The zero-order valence-electron chi connectivity index (χ0n) is 21.5. The number of aromatic carboxylic acids is 1. The highest BCUT2D eigenvalue weighted by molar-refractivity contribution is 7.92. The van der Waals surface area contributed by atoms with Crippen LogP contribution in [-0.2, 0) is 20.2 Å². The molecule has 38 heavy (non-hydrogen) atoms. The highest BCUT2D eigenvalue weighted by atomic mass is 32.2.